The van der Waals surface area contributed by atoms with E-state index in [1.165, 1.54) is 35.0 Å². The molecule has 0 fully saturated rings. The Balaban J connectivity index is 1.35. The van der Waals surface area contributed by atoms with E-state index in [9.17, 15) is 13.2 Å². The van der Waals surface area contributed by atoms with Crippen LogP contribution in [0.2, 0.25) is 0 Å². The lowest BCUT2D eigenvalue weighted by Crippen LogP contribution is -2.30. The van der Waals surface area contributed by atoms with E-state index in [-0.39, 0.29) is 24.3 Å². The standard InChI is InChI=1S/C25H26BrN5O4S2/c1-14-19(23-20-9-17(26)4-3-16(20)6-7-29-23)10-22(36-14)24(32)21-11-28-13-30-25(21)31-18-5-2-15(8-18)12-35-37(27,33)34/h3-5,9-11,13,15,23,29H,2,6-8,12H2,1H3,(H2,27,33,34)(H,28,30,31)/t15-,23?/m1/s1. The number of aryl methyl sites for hydroxylation is 1. The molecule has 5 rings (SSSR count). The summed E-state index contributed by atoms with van der Waals surface area (Å²) in [5.74, 6) is 0.229. The minimum absolute atomic E-state index is 0.00221. The number of nitrogens with one attached hydrogen (secondary N) is 2. The first kappa shape index (κ1) is 26.1. The number of allylic oxidation sites excluding steroid dienone is 2. The molecule has 3 heterocycles. The van der Waals surface area contributed by atoms with Crippen molar-refractivity contribution < 1.29 is 17.4 Å². The highest BCUT2D eigenvalue weighted by Gasteiger charge is 2.27. The van der Waals surface area contributed by atoms with Crippen molar-refractivity contribution in [2.45, 2.75) is 32.2 Å². The fraction of sp³-hybridized carbons (Fsp3) is 0.320. The molecule has 4 N–H and O–H groups in total. The maximum Gasteiger partial charge on any atom is 0.333 e. The quantitative estimate of drug-likeness (QED) is 0.329. The van der Waals surface area contributed by atoms with E-state index in [2.05, 4.69) is 54.7 Å². The van der Waals surface area contributed by atoms with Gasteiger partial charge in [0.1, 0.15) is 12.1 Å². The van der Waals surface area contributed by atoms with Gasteiger partial charge in [-0.25, -0.2) is 15.1 Å². The van der Waals surface area contributed by atoms with Crippen LogP contribution >= 0.6 is 27.3 Å². The van der Waals surface area contributed by atoms with Crippen LogP contribution in [-0.4, -0.2) is 37.3 Å². The lowest BCUT2D eigenvalue weighted by Gasteiger charge is -2.27. The minimum atomic E-state index is -3.98. The largest absolute Gasteiger partial charge is 0.343 e. The van der Waals surface area contributed by atoms with Crippen LogP contribution in [0, 0.1) is 12.8 Å². The van der Waals surface area contributed by atoms with Crippen molar-refractivity contribution in [3.8, 4) is 0 Å². The van der Waals surface area contributed by atoms with Crippen LogP contribution in [0.4, 0.5) is 5.82 Å². The number of nitrogens with two attached hydrogens (primary N) is 1. The van der Waals surface area contributed by atoms with Gasteiger partial charge < -0.3 is 10.6 Å². The van der Waals surface area contributed by atoms with Crippen LogP contribution < -0.4 is 15.8 Å². The van der Waals surface area contributed by atoms with Gasteiger partial charge in [-0.05, 0) is 67.0 Å². The number of fused-ring (bicyclic) bond motifs is 1. The van der Waals surface area contributed by atoms with Crippen molar-refractivity contribution >= 4 is 49.2 Å². The number of thiophene rings is 1. The number of ketones is 1. The number of carbonyl (C=O) groups excluding carboxylic acids is 1. The molecule has 3 aromatic rings. The maximum absolute atomic E-state index is 13.6. The molecule has 1 aromatic carbocycles. The van der Waals surface area contributed by atoms with Crippen molar-refractivity contribution in [3.63, 3.8) is 0 Å². The van der Waals surface area contributed by atoms with Gasteiger partial charge in [0.25, 0.3) is 0 Å². The topological polar surface area (TPSA) is 136 Å². The summed E-state index contributed by atoms with van der Waals surface area (Å²) in [6.45, 7) is 2.91. The summed E-state index contributed by atoms with van der Waals surface area (Å²) in [7, 11) is -3.98. The Hall–Kier alpha value is -2.48. The average Bonchev–Trinajstić information content (AvgIpc) is 3.48. The van der Waals surface area contributed by atoms with Gasteiger partial charge in [0, 0.05) is 27.8 Å². The zero-order valence-electron chi connectivity index (χ0n) is 20.0. The molecule has 194 valence electrons. The van der Waals surface area contributed by atoms with E-state index in [0.717, 1.165) is 33.6 Å². The first-order chi connectivity index (χ1) is 17.7. The Morgan fingerprint density at radius 3 is 2.97 bits per heavy atom. The number of hydrogen-bond acceptors (Lipinski definition) is 9. The Morgan fingerprint density at radius 1 is 1.32 bits per heavy atom. The molecule has 0 bridgehead atoms. The Bertz CT molecular complexity index is 1490. The number of rotatable bonds is 8. The molecule has 0 saturated heterocycles. The zero-order chi connectivity index (χ0) is 26.2. The van der Waals surface area contributed by atoms with Crippen molar-refractivity contribution in [1.82, 2.24) is 15.3 Å². The van der Waals surface area contributed by atoms with Crippen molar-refractivity contribution in [2.24, 2.45) is 11.1 Å². The van der Waals surface area contributed by atoms with Crippen LogP contribution in [0.3, 0.4) is 0 Å². The minimum Gasteiger partial charge on any atom is -0.343 e. The zero-order valence-corrected chi connectivity index (χ0v) is 23.2. The second-order valence-electron chi connectivity index (χ2n) is 9.15. The SMILES string of the molecule is Cc1sc(C(=O)c2cncnc2NC2=CC[C@@H](COS(N)(=O)=O)C2)cc1C1NCCc2ccc(Br)cc21. The Labute approximate surface area is 227 Å². The van der Waals surface area contributed by atoms with Crippen LogP contribution in [0.25, 0.3) is 0 Å². The Kier molecular flexibility index (Phi) is 7.57. The highest BCUT2D eigenvalue weighted by Crippen LogP contribution is 2.37. The van der Waals surface area contributed by atoms with Crippen LogP contribution in [0.5, 0.6) is 0 Å². The molecule has 1 aliphatic carbocycles. The average molecular weight is 605 g/mol. The summed E-state index contributed by atoms with van der Waals surface area (Å²) in [6.07, 6.45) is 7.01. The number of anilines is 1. The fourth-order valence-corrected chi connectivity index (χ4v) is 6.56. The lowest BCUT2D eigenvalue weighted by molar-refractivity contribution is 0.104. The lowest BCUT2D eigenvalue weighted by atomic mass is 9.90. The first-order valence-electron chi connectivity index (χ1n) is 11.8. The maximum atomic E-state index is 13.6. The van der Waals surface area contributed by atoms with Gasteiger partial charge in [-0.2, -0.15) is 8.42 Å². The Morgan fingerprint density at radius 2 is 2.16 bits per heavy atom. The molecule has 37 heavy (non-hydrogen) atoms. The molecule has 0 spiro atoms. The molecule has 12 heteroatoms. The number of halogens is 1. The molecule has 0 radical (unpaired) electrons. The van der Waals surface area contributed by atoms with Gasteiger partial charge in [-0.3, -0.25) is 8.98 Å². The number of hydrogen-bond donors (Lipinski definition) is 3. The molecule has 2 aromatic heterocycles. The third-order valence-electron chi connectivity index (χ3n) is 6.56. The first-order valence-corrected chi connectivity index (χ1v) is 14.9. The van der Waals surface area contributed by atoms with E-state index in [4.69, 9.17) is 9.32 Å². The normalized spacial score (nSPS) is 19.4. The summed E-state index contributed by atoms with van der Waals surface area (Å²) in [4.78, 5) is 23.7. The molecular formula is C25H26BrN5O4S2. The molecule has 0 saturated carbocycles. The smallest absolute Gasteiger partial charge is 0.333 e. The highest BCUT2D eigenvalue weighted by atomic mass is 79.9. The van der Waals surface area contributed by atoms with Gasteiger partial charge >= 0.3 is 10.3 Å². The highest BCUT2D eigenvalue weighted by molar-refractivity contribution is 9.10. The number of aromatic nitrogens is 2. The number of benzene rings is 1. The van der Waals surface area contributed by atoms with Gasteiger partial charge in [0.15, 0.2) is 0 Å². The van der Waals surface area contributed by atoms with Crippen molar-refractivity contribution in [3.05, 3.63) is 85.0 Å². The van der Waals surface area contributed by atoms with Gasteiger partial charge in [-0.15, -0.1) is 11.3 Å². The second-order valence-corrected chi connectivity index (χ2v) is 12.5. The summed E-state index contributed by atoms with van der Waals surface area (Å²) < 4.78 is 27.9. The van der Waals surface area contributed by atoms with Crippen LogP contribution in [0.1, 0.15) is 55.7 Å². The third kappa shape index (κ3) is 6.00. The summed E-state index contributed by atoms with van der Waals surface area (Å²) in [5.41, 5.74) is 4.84. The predicted molar refractivity (Wildman–Crippen MR) is 146 cm³/mol. The summed E-state index contributed by atoms with van der Waals surface area (Å²) in [6, 6.07) is 8.36. The van der Waals surface area contributed by atoms with Gasteiger partial charge in [0.05, 0.1) is 23.1 Å². The molecule has 2 aliphatic rings. The van der Waals surface area contributed by atoms with Crippen LogP contribution in [-0.2, 0) is 20.9 Å². The summed E-state index contributed by atoms with van der Waals surface area (Å²) >= 11 is 5.05. The summed E-state index contributed by atoms with van der Waals surface area (Å²) in [5, 5.41) is 11.8. The number of nitrogens with zero attached hydrogens (tertiary/aromatic N) is 2. The molecule has 1 aliphatic heterocycles. The number of carbonyl (C=O) groups is 1. The van der Waals surface area contributed by atoms with Crippen molar-refractivity contribution in [2.75, 3.05) is 18.5 Å². The van der Waals surface area contributed by atoms with E-state index in [1.54, 1.807) is 0 Å². The molecule has 2 atom stereocenters. The van der Waals surface area contributed by atoms with Crippen molar-refractivity contribution in [1.29, 1.82) is 0 Å². The van der Waals surface area contributed by atoms with Gasteiger partial charge in [0.2, 0.25) is 5.78 Å². The molecule has 0 amide bonds. The van der Waals surface area contributed by atoms with Crippen LogP contribution in [0.15, 0.2) is 53.0 Å². The molecule has 9 nitrogen and oxygen atoms in total. The predicted octanol–water partition coefficient (Wildman–Crippen LogP) is 4.00. The fourth-order valence-electron chi connectivity index (χ4n) is 4.78. The monoisotopic (exact) mass is 603 g/mol. The van der Waals surface area contributed by atoms with E-state index in [1.807, 2.05) is 19.1 Å². The molecular weight excluding hydrogens is 578 g/mol. The third-order valence-corrected chi connectivity index (χ3v) is 8.59. The van der Waals surface area contributed by atoms with E-state index in [0.29, 0.717) is 29.1 Å². The van der Waals surface area contributed by atoms with Gasteiger partial charge in [-0.1, -0.05) is 28.1 Å². The second kappa shape index (κ2) is 10.7. The van der Waals surface area contributed by atoms with E-state index < -0.39 is 10.3 Å². The van der Waals surface area contributed by atoms with E-state index >= 15 is 0 Å². The molecule has 1 unspecified atom stereocenters.